The Kier molecular flexibility index (Phi) is 7.26. The molecule has 0 heterocycles. The quantitative estimate of drug-likeness (QED) is 0.641. The molecule has 0 aliphatic rings. The van der Waals surface area contributed by atoms with Crippen LogP contribution in [-0.4, -0.2) is 18.3 Å². The van der Waals surface area contributed by atoms with E-state index in [0.717, 1.165) is 31.7 Å². The third kappa shape index (κ3) is 7.86. The monoisotopic (exact) mass is 191 g/mol. The minimum absolute atomic E-state index is 0.0551. The van der Waals surface area contributed by atoms with Gasteiger partial charge in [0.05, 0.1) is 0 Å². The summed E-state index contributed by atoms with van der Waals surface area (Å²) in [5, 5.41) is 2.78. The Bertz CT molecular complexity index is 128. The lowest BCUT2D eigenvalue weighted by Gasteiger charge is -2.09. The first kappa shape index (κ1) is 11.8. The zero-order chi connectivity index (χ0) is 9.40. The summed E-state index contributed by atoms with van der Waals surface area (Å²) in [6, 6.07) is 0. The van der Waals surface area contributed by atoms with E-state index in [1.165, 1.54) is 0 Å². The lowest BCUT2D eigenvalue weighted by molar-refractivity contribution is -0.118. The van der Waals surface area contributed by atoms with Crippen molar-refractivity contribution in [2.75, 3.05) is 12.4 Å². The zero-order valence-corrected chi connectivity index (χ0v) is 8.66. The van der Waals surface area contributed by atoms with Gasteiger partial charge in [0.1, 0.15) is 0 Å². The summed E-state index contributed by atoms with van der Waals surface area (Å²) in [5.74, 6) is 1.46. The second-order valence-corrected chi connectivity index (χ2v) is 3.59. The molecule has 1 amide bonds. The topological polar surface area (TPSA) is 29.1 Å². The van der Waals surface area contributed by atoms with Crippen molar-refractivity contribution in [3.8, 4) is 0 Å². The molecule has 0 aromatic carbocycles. The van der Waals surface area contributed by atoms with E-state index in [1.54, 1.807) is 6.92 Å². The molecular weight excluding hydrogens is 174 g/mol. The first-order valence-corrected chi connectivity index (χ1v) is 5.00. The molecule has 72 valence electrons. The summed E-state index contributed by atoms with van der Waals surface area (Å²) in [5.41, 5.74) is 0. The molecule has 3 heteroatoms. The molecular formula is C9H18ClNO. The highest BCUT2D eigenvalue weighted by Gasteiger charge is 2.01. The van der Waals surface area contributed by atoms with E-state index < -0.39 is 0 Å². The normalized spacial score (nSPS) is 12.6. The molecule has 0 aliphatic carbocycles. The molecule has 0 radical (unpaired) electrons. The number of amides is 1. The molecule has 0 rings (SSSR count). The van der Waals surface area contributed by atoms with Gasteiger partial charge in [-0.15, -0.1) is 11.6 Å². The standard InChI is InChI=1S/C9H18ClNO/c1-8(4-3-6-10)5-7-11-9(2)12/h8H,3-7H2,1-2H3,(H,11,12)/t8-/m0/s1. The predicted octanol–water partition coefficient (Wildman–Crippen LogP) is 2.17. The van der Waals surface area contributed by atoms with Crippen LogP contribution in [-0.2, 0) is 4.79 Å². The van der Waals surface area contributed by atoms with Gasteiger partial charge in [0, 0.05) is 19.3 Å². The van der Waals surface area contributed by atoms with E-state index in [2.05, 4.69) is 12.2 Å². The summed E-state index contributed by atoms with van der Waals surface area (Å²) in [6.45, 7) is 4.52. The summed E-state index contributed by atoms with van der Waals surface area (Å²) in [7, 11) is 0. The van der Waals surface area contributed by atoms with Crippen molar-refractivity contribution in [1.29, 1.82) is 0 Å². The number of hydrogen-bond donors (Lipinski definition) is 1. The highest BCUT2D eigenvalue weighted by molar-refractivity contribution is 6.17. The van der Waals surface area contributed by atoms with Gasteiger partial charge in [-0.25, -0.2) is 0 Å². The summed E-state index contributed by atoms with van der Waals surface area (Å²) >= 11 is 5.56. The molecule has 0 saturated heterocycles. The van der Waals surface area contributed by atoms with Gasteiger partial charge in [-0.3, -0.25) is 4.79 Å². The predicted molar refractivity (Wildman–Crippen MR) is 52.4 cm³/mol. The van der Waals surface area contributed by atoms with Gasteiger partial charge in [-0.1, -0.05) is 6.92 Å². The van der Waals surface area contributed by atoms with Crippen molar-refractivity contribution in [3.63, 3.8) is 0 Å². The molecule has 0 aliphatic heterocycles. The Hall–Kier alpha value is -0.240. The van der Waals surface area contributed by atoms with Crippen molar-refractivity contribution in [1.82, 2.24) is 5.32 Å². The van der Waals surface area contributed by atoms with Crippen LogP contribution in [0.2, 0.25) is 0 Å². The van der Waals surface area contributed by atoms with Crippen LogP contribution in [0.3, 0.4) is 0 Å². The van der Waals surface area contributed by atoms with E-state index in [-0.39, 0.29) is 5.91 Å². The maximum Gasteiger partial charge on any atom is 0.216 e. The van der Waals surface area contributed by atoms with E-state index in [4.69, 9.17) is 11.6 Å². The number of nitrogens with one attached hydrogen (secondary N) is 1. The molecule has 0 unspecified atom stereocenters. The van der Waals surface area contributed by atoms with Crippen molar-refractivity contribution >= 4 is 17.5 Å². The van der Waals surface area contributed by atoms with Gasteiger partial charge in [0.25, 0.3) is 0 Å². The molecule has 1 N–H and O–H groups in total. The average Bonchev–Trinajstić information content (AvgIpc) is 2.00. The molecule has 2 nitrogen and oxygen atoms in total. The maximum absolute atomic E-state index is 10.5. The highest BCUT2D eigenvalue weighted by atomic mass is 35.5. The Morgan fingerprint density at radius 2 is 2.17 bits per heavy atom. The fourth-order valence-corrected chi connectivity index (χ4v) is 1.22. The second-order valence-electron chi connectivity index (χ2n) is 3.21. The van der Waals surface area contributed by atoms with E-state index in [1.807, 2.05) is 0 Å². The number of rotatable bonds is 6. The Labute approximate surface area is 79.7 Å². The van der Waals surface area contributed by atoms with Crippen LogP contribution < -0.4 is 5.32 Å². The summed E-state index contributed by atoms with van der Waals surface area (Å²) < 4.78 is 0. The molecule has 12 heavy (non-hydrogen) atoms. The van der Waals surface area contributed by atoms with Crippen molar-refractivity contribution < 1.29 is 4.79 Å². The largest absolute Gasteiger partial charge is 0.356 e. The van der Waals surface area contributed by atoms with Gasteiger partial charge in [-0.05, 0) is 25.2 Å². The van der Waals surface area contributed by atoms with Crippen LogP contribution in [0, 0.1) is 5.92 Å². The number of carbonyl (C=O) groups excluding carboxylic acids is 1. The number of carbonyl (C=O) groups is 1. The maximum atomic E-state index is 10.5. The fraction of sp³-hybridized carbons (Fsp3) is 0.889. The second kappa shape index (κ2) is 7.41. The molecule has 1 atom stereocenters. The van der Waals surface area contributed by atoms with Crippen molar-refractivity contribution in [2.24, 2.45) is 5.92 Å². The van der Waals surface area contributed by atoms with Gasteiger partial charge >= 0.3 is 0 Å². The van der Waals surface area contributed by atoms with Crippen LogP contribution >= 0.6 is 11.6 Å². The highest BCUT2D eigenvalue weighted by Crippen LogP contribution is 2.09. The first-order valence-electron chi connectivity index (χ1n) is 4.47. The third-order valence-electron chi connectivity index (χ3n) is 1.84. The van der Waals surface area contributed by atoms with Crippen LogP contribution in [0.1, 0.15) is 33.1 Å². The minimum Gasteiger partial charge on any atom is -0.356 e. The van der Waals surface area contributed by atoms with Gasteiger partial charge < -0.3 is 5.32 Å². The van der Waals surface area contributed by atoms with Crippen molar-refractivity contribution in [3.05, 3.63) is 0 Å². The van der Waals surface area contributed by atoms with E-state index in [0.29, 0.717) is 5.92 Å². The summed E-state index contributed by atoms with van der Waals surface area (Å²) in [4.78, 5) is 10.5. The Morgan fingerprint density at radius 1 is 1.50 bits per heavy atom. The molecule has 0 aromatic rings. The van der Waals surface area contributed by atoms with Crippen LogP contribution in [0.5, 0.6) is 0 Å². The van der Waals surface area contributed by atoms with Gasteiger partial charge in [0.15, 0.2) is 0 Å². The zero-order valence-electron chi connectivity index (χ0n) is 7.90. The lowest BCUT2D eigenvalue weighted by Crippen LogP contribution is -2.22. The van der Waals surface area contributed by atoms with Crippen LogP contribution in [0.4, 0.5) is 0 Å². The lowest BCUT2D eigenvalue weighted by atomic mass is 10.0. The van der Waals surface area contributed by atoms with E-state index in [9.17, 15) is 4.79 Å². The number of alkyl halides is 1. The van der Waals surface area contributed by atoms with Crippen molar-refractivity contribution in [2.45, 2.75) is 33.1 Å². The molecule has 0 bridgehead atoms. The van der Waals surface area contributed by atoms with Gasteiger partial charge in [-0.2, -0.15) is 0 Å². The first-order chi connectivity index (χ1) is 5.66. The summed E-state index contributed by atoms with van der Waals surface area (Å²) in [6.07, 6.45) is 3.28. The number of halogens is 1. The van der Waals surface area contributed by atoms with Crippen LogP contribution in [0.15, 0.2) is 0 Å². The molecule has 0 spiro atoms. The van der Waals surface area contributed by atoms with Gasteiger partial charge in [0.2, 0.25) is 5.91 Å². The Balaban J connectivity index is 3.19. The Morgan fingerprint density at radius 3 is 2.67 bits per heavy atom. The molecule has 0 fully saturated rings. The smallest absolute Gasteiger partial charge is 0.216 e. The average molecular weight is 192 g/mol. The van der Waals surface area contributed by atoms with E-state index >= 15 is 0 Å². The van der Waals surface area contributed by atoms with Crippen LogP contribution in [0.25, 0.3) is 0 Å². The number of hydrogen-bond acceptors (Lipinski definition) is 1. The fourth-order valence-electron chi connectivity index (χ4n) is 1.06. The minimum atomic E-state index is 0.0551. The molecule has 0 aromatic heterocycles. The molecule has 0 saturated carbocycles. The third-order valence-corrected chi connectivity index (χ3v) is 2.11. The SMILES string of the molecule is CC(=O)NCC[C@@H](C)CCCCl.